The number of likely N-dealkylation sites (N-methyl/N-ethyl adjacent to an activating group) is 1. The van der Waals surface area contributed by atoms with Crippen molar-refractivity contribution >= 4 is 5.91 Å². The maximum absolute atomic E-state index is 12.5. The normalized spacial score (nSPS) is 15.7. The first-order valence-electron chi connectivity index (χ1n) is 8.75. The molecule has 1 aromatic carbocycles. The van der Waals surface area contributed by atoms with Crippen LogP contribution in [0.25, 0.3) is 11.3 Å². The van der Waals surface area contributed by atoms with E-state index in [1.807, 2.05) is 41.0 Å². The van der Waals surface area contributed by atoms with Crippen molar-refractivity contribution in [1.29, 1.82) is 0 Å². The molecule has 1 aliphatic heterocycles. The molecule has 128 valence electrons. The van der Waals surface area contributed by atoms with Gasteiger partial charge in [0.2, 0.25) is 5.91 Å². The Morgan fingerprint density at radius 2 is 1.83 bits per heavy atom. The maximum atomic E-state index is 12.5. The first kappa shape index (κ1) is 16.7. The SMILES string of the molecule is CCN1CCN(C(=O)CCc2cn(C)nc2-c2ccccc2)CC1. The van der Waals surface area contributed by atoms with E-state index in [2.05, 4.69) is 29.1 Å². The summed E-state index contributed by atoms with van der Waals surface area (Å²) >= 11 is 0. The zero-order valence-corrected chi connectivity index (χ0v) is 14.6. The summed E-state index contributed by atoms with van der Waals surface area (Å²) in [7, 11) is 1.93. The molecule has 2 aromatic rings. The summed E-state index contributed by atoms with van der Waals surface area (Å²) in [4.78, 5) is 16.9. The topological polar surface area (TPSA) is 41.4 Å². The fourth-order valence-corrected chi connectivity index (χ4v) is 3.27. The van der Waals surface area contributed by atoms with Crippen LogP contribution in [-0.2, 0) is 18.3 Å². The molecule has 1 aliphatic rings. The lowest BCUT2D eigenvalue weighted by molar-refractivity contribution is -0.132. The van der Waals surface area contributed by atoms with Gasteiger partial charge >= 0.3 is 0 Å². The number of nitrogens with zero attached hydrogens (tertiary/aromatic N) is 4. The van der Waals surface area contributed by atoms with E-state index < -0.39 is 0 Å². The van der Waals surface area contributed by atoms with Crippen LogP contribution in [0.15, 0.2) is 36.5 Å². The van der Waals surface area contributed by atoms with E-state index >= 15 is 0 Å². The Bertz CT molecular complexity index is 672. The molecule has 1 amide bonds. The van der Waals surface area contributed by atoms with Gasteiger partial charge in [-0.2, -0.15) is 5.10 Å². The molecule has 0 saturated carbocycles. The number of carbonyl (C=O) groups is 1. The summed E-state index contributed by atoms with van der Waals surface area (Å²) in [5.41, 5.74) is 3.24. The third kappa shape index (κ3) is 3.85. The lowest BCUT2D eigenvalue weighted by Crippen LogP contribution is -2.48. The van der Waals surface area contributed by atoms with Gasteiger partial charge in [0.05, 0.1) is 5.69 Å². The Morgan fingerprint density at radius 3 is 2.50 bits per heavy atom. The highest BCUT2D eigenvalue weighted by Gasteiger charge is 2.20. The molecule has 5 heteroatoms. The molecule has 5 nitrogen and oxygen atoms in total. The highest BCUT2D eigenvalue weighted by molar-refractivity contribution is 5.77. The van der Waals surface area contributed by atoms with Crippen LogP contribution in [0.2, 0.25) is 0 Å². The van der Waals surface area contributed by atoms with Crippen LogP contribution in [0.3, 0.4) is 0 Å². The highest BCUT2D eigenvalue weighted by Crippen LogP contribution is 2.23. The summed E-state index contributed by atoms with van der Waals surface area (Å²) in [5.74, 6) is 0.258. The Balaban J connectivity index is 1.62. The van der Waals surface area contributed by atoms with E-state index in [0.29, 0.717) is 6.42 Å². The molecule has 2 heterocycles. The van der Waals surface area contributed by atoms with Gasteiger partial charge in [-0.1, -0.05) is 37.3 Å². The minimum Gasteiger partial charge on any atom is -0.340 e. The van der Waals surface area contributed by atoms with Crippen LogP contribution in [-0.4, -0.2) is 58.2 Å². The van der Waals surface area contributed by atoms with Gasteiger partial charge in [-0.3, -0.25) is 9.48 Å². The molecule has 1 saturated heterocycles. The second kappa shape index (κ2) is 7.62. The van der Waals surface area contributed by atoms with Crippen LogP contribution in [0, 0.1) is 0 Å². The van der Waals surface area contributed by atoms with Crippen molar-refractivity contribution in [2.45, 2.75) is 19.8 Å². The van der Waals surface area contributed by atoms with E-state index in [9.17, 15) is 4.79 Å². The summed E-state index contributed by atoms with van der Waals surface area (Å²) in [5, 5.41) is 4.58. The van der Waals surface area contributed by atoms with E-state index in [-0.39, 0.29) is 5.91 Å². The average molecular weight is 326 g/mol. The first-order chi connectivity index (χ1) is 11.7. The number of rotatable bonds is 5. The molecule has 0 aliphatic carbocycles. The zero-order chi connectivity index (χ0) is 16.9. The second-order valence-electron chi connectivity index (χ2n) is 6.36. The smallest absolute Gasteiger partial charge is 0.222 e. The van der Waals surface area contributed by atoms with Crippen molar-refractivity contribution < 1.29 is 4.79 Å². The van der Waals surface area contributed by atoms with Gasteiger partial charge in [0, 0.05) is 51.4 Å². The summed E-state index contributed by atoms with van der Waals surface area (Å²) in [6.45, 7) is 6.93. The predicted molar refractivity (Wildman–Crippen MR) is 95.7 cm³/mol. The molecule has 0 unspecified atom stereocenters. The monoisotopic (exact) mass is 326 g/mol. The molecule has 1 aromatic heterocycles. The number of piperazine rings is 1. The number of amides is 1. The molecule has 0 N–H and O–H groups in total. The quantitative estimate of drug-likeness (QED) is 0.846. The standard InChI is InChI=1S/C19H26N4O/c1-3-22-11-13-23(14-12-22)18(24)10-9-17-15-21(2)20-19(17)16-7-5-4-6-8-16/h4-8,15H,3,9-14H2,1-2H3. The second-order valence-corrected chi connectivity index (χ2v) is 6.36. The number of hydrogen-bond donors (Lipinski definition) is 0. The van der Waals surface area contributed by atoms with E-state index in [1.54, 1.807) is 0 Å². The van der Waals surface area contributed by atoms with Crippen molar-refractivity contribution in [2.24, 2.45) is 7.05 Å². The fraction of sp³-hybridized carbons (Fsp3) is 0.474. The van der Waals surface area contributed by atoms with Gasteiger partial charge in [-0.25, -0.2) is 0 Å². The molecule has 3 rings (SSSR count). The third-order valence-corrected chi connectivity index (χ3v) is 4.73. The molecule has 0 spiro atoms. The molecule has 0 atom stereocenters. The molecular formula is C19H26N4O. The number of aromatic nitrogens is 2. The van der Waals surface area contributed by atoms with Crippen molar-refractivity contribution in [3.63, 3.8) is 0 Å². The number of hydrogen-bond acceptors (Lipinski definition) is 3. The predicted octanol–water partition coefficient (Wildman–Crippen LogP) is 2.18. The number of carbonyl (C=O) groups excluding carboxylic acids is 1. The van der Waals surface area contributed by atoms with E-state index in [4.69, 9.17) is 0 Å². The van der Waals surface area contributed by atoms with Crippen LogP contribution in [0.5, 0.6) is 0 Å². The summed E-state index contributed by atoms with van der Waals surface area (Å²) in [6, 6.07) is 10.2. The van der Waals surface area contributed by atoms with Crippen molar-refractivity contribution in [3.05, 3.63) is 42.1 Å². The van der Waals surface area contributed by atoms with E-state index in [0.717, 1.165) is 56.0 Å². The Hall–Kier alpha value is -2.14. The van der Waals surface area contributed by atoms with Crippen LogP contribution in [0.1, 0.15) is 18.9 Å². The van der Waals surface area contributed by atoms with Crippen molar-refractivity contribution in [2.75, 3.05) is 32.7 Å². The molecule has 1 fully saturated rings. The Kier molecular flexibility index (Phi) is 5.30. The Morgan fingerprint density at radius 1 is 1.12 bits per heavy atom. The van der Waals surface area contributed by atoms with Gasteiger partial charge in [0.1, 0.15) is 0 Å². The highest BCUT2D eigenvalue weighted by atomic mass is 16.2. The number of benzene rings is 1. The minimum absolute atomic E-state index is 0.258. The van der Waals surface area contributed by atoms with Gasteiger partial charge in [-0.05, 0) is 18.5 Å². The molecular weight excluding hydrogens is 300 g/mol. The lowest BCUT2D eigenvalue weighted by Gasteiger charge is -2.34. The van der Waals surface area contributed by atoms with Crippen LogP contribution in [0.4, 0.5) is 0 Å². The largest absolute Gasteiger partial charge is 0.340 e. The third-order valence-electron chi connectivity index (χ3n) is 4.73. The minimum atomic E-state index is 0.258. The average Bonchev–Trinajstić information content (AvgIpc) is 3.01. The molecule has 24 heavy (non-hydrogen) atoms. The molecule has 0 radical (unpaired) electrons. The van der Waals surface area contributed by atoms with Crippen LogP contribution >= 0.6 is 0 Å². The maximum Gasteiger partial charge on any atom is 0.222 e. The van der Waals surface area contributed by atoms with Crippen LogP contribution < -0.4 is 0 Å². The van der Waals surface area contributed by atoms with Gasteiger partial charge in [0.25, 0.3) is 0 Å². The van der Waals surface area contributed by atoms with Crippen molar-refractivity contribution in [1.82, 2.24) is 19.6 Å². The molecule has 0 bridgehead atoms. The lowest BCUT2D eigenvalue weighted by atomic mass is 10.0. The van der Waals surface area contributed by atoms with Gasteiger partial charge in [-0.15, -0.1) is 0 Å². The number of aryl methyl sites for hydroxylation is 2. The Labute approximate surface area is 143 Å². The summed E-state index contributed by atoms with van der Waals surface area (Å²) < 4.78 is 1.84. The summed E-state index contributed by atoms with van der Waals surface area (Å²) in [6.07, 6.45) is 3.33. The fourth-order valence-electron chi connectivity index (χ4n) is 3.27. The van der Waals surface area contributed by atoms with Gasteiger partial charge in [0.15, 0.2) is 0 Å². The van der Waals surface area contributed by atoms with Crippen molar-refractivity contribution in [3.8, 4) is 11.3 Å². The first-order valence-corrected chi connectivity index (χ1v) is 8.75. The van der Waals surface area contributed by atoms with Gasteiger partial charge < -0.3 is 9.80 Å². The zero-order valence-electron chi connectivity index (χ0n) is 14.6. The van der Waals surface area contributed by atoms with E-state index in [1.165, 1.54) is 0 Å².